The third-order valence-electron chi connectivity index (χ3n) is 2.35. The summed E-state index contributed by atoms with van der Waals surface area (Å²) in [7, 11) is 1.70. The van der Waals surface area contributed by atoms with Gasteiger partial charge < -0.3 is 15.7 Å². The van der Waals surface area contributed by atoms with Crippen molar-refractivity contribution in [2.45, 2.75) is 25.5 Å². The molecule has 3 unspecified atom stereocenters. The number of likely N-dealkylation sites (N-methyl/N-ethyl adjacent to an activating group) is 1. The lowest BCUT2D eigenvalue weighted by Gasteiger charge is -2.21. The van der Waals surface area contributed by atoms with Gasteiger partial charge in [0.2, 0.25) is 5.91 Å². The first kappa shape index (κ1) is 11.2. The van der Waals surface area contributed by atoms with E-state index in [2.05, 4.69) is 0 Å². The molecule has 0 aliphatic heterocycles. The van der Waals surface area contributed by atoms with Gasteiger partial charge in [0.25, 0.3) is 0 Å². The van der Waals surface area contributed by atoms with Crippen molar-refractivity contribution in [1.82, 2.24) is 4.90 Å². The maximum absolute atomic E-state index is 11.7. The molecule has 1 aliphatic carbocycles. The van der Waals surface area contributed by atoms with Crippen LogP contribution in [0.1, 0.15) is 13.3 Å². The number of aliphatic hydroxyl groups excluding tert-OH is 1. The summed E-state index contributed by atoms with van der Waals surface area (Å²) in [4.78, 5) is 13.3. The summed E-state index contributed by atoms with van der Waals surface area (Å²) >= 11 is 0. The number of carbonyl (C=O) groups is 1. The molecule has 3 N–H and O–H groups in total. The third-order valence-corrected chi connectivity index (χ3v) is 2.35. The summed E-state index contributed by atoms with van der Waals surface area (Å²) in [6.45, 7) is 2.04. The van der Waals surface area contributed by atoms with Crippen molar-refractivity contribution in [3.05, 3.63) is 12.2 Å². The molecule has 80 valence electrons. The van der Waals surface area contributed by atoms with Gasteiger partial charge in [0.1, 0.15) is 0 Å². The Labute approximate surface area is 84.4 Å². The predicted octanol–water partition coefficient (Wildman–Crippen LogP) is -0.271. The molecule has 14 heavy (non-hydrogen) atoms. The molecule has 0 aromatic carbocycles. The molecule has 0 aromatic heterocycles. The molecular weight excluding hydrogens is 180 g/mol. The van der Waals surface area contributed by atoms with E-state index in [1.165, 1.54) is 0 Å². The van der Waals surface area contributed by atoms with Crippen molar-refractivity contribution in [1.29, 1.82) is 0 Å². The highest BCUT2D eigenvalue weighted by molar-refractivity contribution is 5.81. The lowest BCUT2D eigenvalue weighted by Crippen LogP contribution is -2.37. The van der Waals surface area contributed by atoms with E-state index in [0.717, 1.165) is 0 Å². The maximum Gasteiger partial charge on any atom is 0.229 e. The third kappa shape index (κ3) is 2.82. The molecule has 4 heteroatoms. The van der Waals surface area contributed by atoms with E-state index in [1.807, 2.05) is 12.2 Å². The van der Waals surface area contributed by atoms with Crippen LogP contribution in [0.25, 0.3) is 0 Å². The first-order valence-corrected chi connectivity index (χ1v) is 4.87. The van der Waals surface area contributed by atoms with E-state index in [-0.39, 0.29) is 17.9 Å². The van der Waals surface area contributed by atoms with Crippen LogP contribution in [-0.2, 0) is 4.79 Å². The van der Waals surface area contributed by atoms with Gasteiger partial charge in [-0.3, -0.25) is 4.79 Å². The number of hydrogen-bond donors (Lipinski definition) is 2. The highest BCUT2D eigenvalue weighted by Crippen LogP contribution is 2.18. The van der Waals surface area contributed by atoms with Crippen LogP contribution < -0.4 is 5.73 Å². The number of nitrogens with two attached hydrogens (primary N) is 1. The Balaban J connectivity index is 2.45. The molecule has 0 saturated carbocycles. The monoisotopic (exact) mass is 198 g/mol. The fourth-order valence-corrected chi connectivity index (χ4v) is 1.68. The zero-order chi connectivity index (χ0) is 10.7. The zero-order valence-electron chi connectivity index (χ0n) is 8.68. The van der Waals surface area contributed by atoms with Crippen molar-refractivity contribution in [2.75, 3.05) is 13.6 Å². The molecular formula is C10H18N2O2. The number of hydrogen-bond acceptors (Lipinski definition) is 3. The second-order valence-corrected chi connectivity index (χ2v) is 3.96. The van der Waals surface area contributed by atoms with Gasteiger partial charge in [0.15, 0.2) is 0 Å². The Morgan fingerprint density at radius 1 is 1.71 bits per heavy atom. The average molecular weight is 198 g/mol. The highest BCUT2D eigenvalue weighted by atomic mass is 16.3. The van der Waals surface area contributed by atoms with Crippen LogP contribution >= 0.6 is 0 Å². The van der Waals surface area contributed by atoms with Gasteiger partial charge in [0.05, 0.1) is 12.0 Å². The Bertz CT molecular complexity index is 238. The normalized spacial score (nSPS) is 27.7. The van der Waals surface area contributed by atoms with E-state index in [0.29, 0.717) is 13.0 Å². The Kier molecular flexibility index (Phi) is 3.66. The summed E-state index contributed by atoms with van der Waals surface area (Å²) in [6.07, 6.45) is 3.91. The number of rotatable bonds is 3. The predicted molar refractivity (Wildman–Crippen MR) is 54.5 cm³/mol. The van der Waals surface area contributed by atoms with Crippen LogP contribution in [0.5, 0.6) is 0 Å². The molecule has 1 aliphatic rings. The minimum absolute atomic E-state index is 0.00361. The summed E-state index contributed by atoms with van der Waals surface area (Å²) in [5.74, 6) is -0.0659. The molecule has 1 rings (SSSR count). The molecule has 0 aromatic rings. The van der Waals surface area contributed by atoms with Crippen molar-refractivity contribution < 1.29 is 9.90 Å². The van der Waals surface area contributed by atoms with Crippen molar-refractivity contribution in [3.8, 4) is 0 Å². The Morgan fingerprint density at radius 3 is 2.79 bits per heavy atom. The molecule has 0 radical (unpaired) electrons. The molecule has 0 fully saturated rings. The summed E-state index contributed by atoms with van der Waals surface area (Å²) < 4.78 is 0. The van der Waals surface area contributed by atoms with E-state index in [1.54, 1.807) is 18.9 Å². The lowest BCUT2D eigenvalue weighted by atomic mass is 10.1. The van der Waals surface area contributed by atoms with Crippen LogP contribution in [0.15, 0.2) is 12.2 Å². The SMILES string of the molecule is CC(O)CN(C)C(=O)C1C=CC(N)C1. The number of amides is 1. The van der Waals surface area contributed by atoms with Crippen LogP contribution in [0, 0.1) is 5.92 Å². The van der Waals surface area contributed by atoms with E-state index >= 15 is 0 Å². The van der Waals surface area contributed by atoms with Gasteiger partial charge in [-0.2, -0.15) is 0 Å². The van der Waals surface area contributed by atoms with Gasteiger partial charge >= 0.3 is 0 Å². The van der Waals surface area contributed by atoms with Gasteiger partial charge in [-0.1, -0.05) is 12.2 Å². The molecule has 3 atom stereocenters. The smallest absolute Gasteiger partial charge is 0.229 e. The Morgan fingerprint density at radius 2 is 2.36 bits per heavy atom. The van der Waals surface area contributed by atoms with Crippen LogP contribution in [0.2, 0.25) is 0 Å². The van der Waals surface area contributed by atoms with Gasteiger partial charge in [-0.25, -0.2) is 0 Å². The molecule has 1 amide bonds. The fourth-order valence-electron chi connectivity index (χ4n) is 1.68. The minimum atomic E-state index is -0.483. The van der Waals surface area contributed by atoms with Gasteiger partial charge in [-0.05, 0) is 13.3 Å². The van der Waals surface area contributed by atoms with Crippen LogP contribution in [-0.4, -0.2) is 41.7 Å². The molecule has 0 bridgehead atoms. The van der Waals surface area contributed by atoms with Crippen LogP contribution in [0.4, 0.5) is 0 Å². The minimum Gasteiger partial charge on any atom is -0.392 e. The topological polar surface area (TPSA) is 66.6 Å². The van der Waals surface area contributed by atoms with Crippen molar-refractivity contribution in [2.24, 2.45) is 11.7 Å². The van der Waals surface area contributed by atoms with Gasteiger partial charge in [0, 0.05) is 19.6 Å². The van der Waals surface area contributed by atoms with Crippen molar-refractivity contribution in [3.63, 3.8) is 0 Å². The van der Waals surface area contributed by atoms with E-state index in [9.17, 15) is 4.79 Å². The van der Waals surface area contributed by atoms with E-state index < -0.39 is 6.10 Å². The Hall–Kier alpha value is -0.870. The lowest BCUT2D eigenvalue weighted by molar-refractivity contribution is -0.133. The number of carbonyl (C=O) groups excluding carboxylic acids is 1. The second-order valence-electron chi connectivity index (χ2n) is 3.96. The summed E-state index contributed by atoms with van der Waals surface area (Å²) in [6, 6.07) is 0.00361. The van der Waals surface area contributed by atoms with Crippen molar-refractivity contribution >= 4 is 5.91 Å². The quantitative estimate of drug-likeness (QED) is 0.613. The molecule has 4 nitrogen and oxygen atoms in total. The maximum atomic E-state index is 11.7. The van der Waals surface area contributed by atoms with E-state index in [4.69, 9.17) is 10.8 Å². The average Bonchev–Trinajstić information content (AvgIpc) is 2.49. The first-order chi connectivity index (χ1) is 6.50. The molecule has 0 heterocycles. The highest BCUT2D eigenvalue weighted by Gasteiger charge is 2.25. The zero-order valence-corrected chi connectivity index (χ0v) is 8.68. The standard InChI is InChI=1S/C10H18N2O2/c1-7(13)6-12(2)10(14)8-3-4-9(11)5-8/h3-4,7-9,13H,5-6,11H2,1-2H3. The first-order valence-electron chi connectivity index (χ1n) is 4.87. The molecule has 0 spiro atoms. The number of aliphatic hydroxyl groups is 1. The summed E-state index contributed by atoms with van der Waals surface area (Å²) in [5.41, 5.74) is 5.66. The number of nitrogens with zero attached hydrogens (tertiary/aromatic N) is 1. The second kappa shape index (κ2) is 4.57. The fraction of sp³-hybridized carbons (Fsp3) is 0.700. The van der Waals surface area contributed by atoms with Crippen LogP contribution in [0.3, 0.4) is 0 Å². The largest absolute Gasteiger partial charge is 0.392 e. The molecule has 0 saturated heterocycles. The summed E-state index contributed by atoms with van der Waals surface area (Å²) in [5, 5.41) is 9.13. The van der Waals surface area contributed by atoms with Gasteiger partial charge in [-0.15, -0.1) is 0 Å².